The molecule has 1 heterocycles. The number of aromatic nitrogens is 2. The molecule has 27 heavy (non-hydrogen) atoms. The van der Waals surface area contributed by atoms with Gasteiger partial charge in [0, 0.05) is 44.8 Å². The molecule has 1 aromatic rings. The van der Waals surface area contributed by atoms with Crippen molar-refractivity contribution in [1.29, 1.82) is 0 Å². The molecular formula is C19H35IN6O. The molecule has 0 unspecified atom stereocenters. The van der Waals surface area contributed by atoms with Crippen LogP contribution in [0.2, 0.25) is 0 Å². The Morgan fingerprint density at radius 1 is 1.22 bits per heavy atom. The number of nitrogens with one attached hydrogen (secondary N) is 3. The number of aryl methyl sites for hydroxylation is 3. The Morgan fingerprint density at radius 3 is 2.56 bits per heavy atom. The number of amides is 1. The van der Waals surface area contributed by atoms with Gasteiger partial charge in [0.15, 0.2) is 5.96 Å². The maximum atomic E-state index is 12.0. The third kappa shape index (κ3) is 8.94. The molecule has 8 heteroatoms. The fraction of sp³-hybridized carbons (Fsp3) is 0.737. The maximum absolute atomic E-state index is 12.0. The molecule has 1 amide bonds. The van der Waals surface area contributed by atoms with Crippen LogP contribution in [-0.4, -0.2) is 47.8 Å². The van der Waals surface area contributed by atoms with Crippen LogP contribution in [0.25, 0.3) is 0 Å². The quantitative estimate of drug-likeness (QED) is 0.226. The van der Waals surface area contributed by atoms with Gasteiger partial charge >= 0.3 is 0 Å². The molecule has 0 aromatic carbocycles. The molecule has 1 saturated carbocycles. The van der Waals surface area contributed by atoms with E-state index >= 15 is 0 Å². The number of rotatable bonds is 8. The minimum Gasteiger partial charge on any atom is -0.356 e. The van der Waals surface area contributed by atoms with Crippen molar-refractivity contribution in [1.82, 2.24) is 25.7 Å². The summed E-state index contributed by atoms with van der Waals surface area (Å²) in [5.41, 5.74) is 2.24. The second-order valence-electron chi connectivity index (χ2n) is 7.08. The van der Waals surface area contributed by atoms with Crippen LogP contribution in [0.4, 0.5) is 0 Å². The van der Waals surface area contributed by atoms with E-state index in [1.165, 1.54) is 25.0 Å². The Labute approximate surface area is 180 Å². The topological polar surface area (TPSA) is 83.3 Å². The van der Waals surface area contributed by atoms with Crippen molar-refractivity contribution in [2.24, 2.45) is 4.99 Å². The van der Waals surface area contributed by atoms with Crippen LogP contribution < -0.4 is 16.0 Å². The first kappa shape index (κ1) is 23.7. The van der Waals surface area contributed by atoms with Crippen molar-refractivity contribution >= 4 is 35.8 Å². The molecular weight excluding hydrogens is 455 g/mol. The summed E-state index contributed by atoms with van der Waals surface area (Å²) in [6.07, 6.45) is 7.45. The van der Waals surface area contributed by atoms with Crippen LogP contribution in [0.5, 0.6) is 0 Å². The van der Waals surface area contributed by atoms with Gasteiger partial charge in [-0.05, 0) is 39.2 Å². The summed E-state index contributed by atoms with van der Waals surface area (Å²) in [6.45, 7) is 6.37. The molecule has 1 aromatic heterocycles. The molecule has 2 rings (SSSR count). The van der Waals surface area contributed by atoms with Crippen LogP contribution in [0.3, 0.4) is 0 Å². The third-order valence-corrected chi connectivity index (χ3v) is 4.78. The number of hydrogen-bond acceptors (Lipinski definition) is 3. The van der Waals surface area contributed by atoms with E-state index in [0.29, 0.717) is 19.0 Å². The van der Waals surface area contributed by atoms with E-state index < -0.39 is 0 Å². The van der Waals surface area contributed by atoms with E-state index in [9.17, 15) is 4.79 Å². The highest BCUT2D eigenvalue weighted by atomic mass is 127. The average molecular weight is 490 g/mol. The largest absolute Gasteiger partial charge is 0.356 e. The maximum Gasteiger partial charge on any atom is 0.221 e. The summed E-state index contributed by atoms with van der Waals surface area (Å²) in [4.78, 5) is 16.2. The predicted octanol–water partition coefficient (Wildman–Crippen LogP) is 2.51. The Kier molecular flexibility index (Phi) is 11.4. The molecule has 3 N–H and O–H groups in total. The minimum absolute atomic E-state index is 0. The normalized spacial score (nSPS) is 15.1. The van der Waals surface area contributed by atoms with E-state index in [0.717, 1.165) is 44.0 Å². The van der Waals surface area contributed by atoms with Crippen molar-refractivity contribution in [3.05, 3.63) is 17.5 Å². The van der Waals surface area contributed by atoms with Gasteiger partial charge in [0.05, 0.1) is 5.69 Å². The zero-order valence-corrected chi connectivity index (χ0v) is 19.2. The lowest BCUT2D eigenvalue weighted by molar-refractivity contribution is -0.121. The first-order valence-corrected chi connectivity index (χ1v) is 9.83. The number of aliphatic imine (C=N–C) groups is 1. The smallest absolute Gasteiger partial charge is 0.221 e. The zero-order valence-electron chi connectivity index (χ0n) is 16.9. The van der Waals surface area contributed by atoms with E-state index in [4.69, 9.17) is 0 Å². The predicted molar refractivity (Wildman–Crippen MR) is 121 cm³/mol. The van der Waals surface area contributed by atoms with Gasteiger partial charge < -0.3 is 16.0 Å². The molecule has 0 bridgehead atoms. The highest BCUT2D eigenvalue weighted by molar-refractivity contribution is 14.0. The highest BCUT2D eigenvalue weighted by Gasteiger charge is 2.15. The summed E-state index contributed by atoms with van der Waals surface area (Å²) in [7, 11) is 1.75. The van der Waals surface area contributed by atoms with Gasteiger partial charge in [0.1, 0.15) is 0 Å². The van der Waals surface area contributed by atoms with Crippen molar-refractivity contribution in [3.8, 4) is 0 Å². The standard InChI is InChI=1S/C19H34N6O.HI/c1-15-14-16(2)25(24-15)13-7-11-21-19(20-3)22-12-10-18(26)23-17-8-5-4-6-9-17;/h14,17H,4-13H2,1-3H3,(H,23,26)(H2,20,21,22);1H. The summed E-state index contributed by atoms with van der Waals surface area (Å²) in [5, 5.41) is 14.1. The zero-order chi connectivity index (χ0) is 18.8. The molecule has 7 nitrogen and oxygen atoms in total. The van der Waals surface area contributed by atoms with Gasteiger partial charge in [-0.3, -0.25) is 14.5 Å². The number of hydrogen-bond donors (Lipinski definition) is 3. The van der Waals surface area contributed by atoms with Crippen molar-refractivity contribution < 1.29 is 4.79 Å². The molecule has 154 valence electrons. The van der Waals surface area contributed by atoms with E-state index in [-0.39, 0.29) is 29.9 Å². The number of halogens is 1. The average Bonchev–Trinajstić information content (AvgIpc) is 2.95. The third-order valence-electron chi connectivity index (χ3n) is 4.78. The SMILES string of the molecule is CN=C(NCCCn1nc(C)cc1C)NCCC(=O)NC1CCCCC1.I. The Bertz CT molecular complexity index is 595. The van der Waals surface area contributed by atoms with Gasteiger partial charge in [-0.15, -0.1) is 24.0 Å². The molecule has 0 atom stereocenters. The number of guanidine groups is 1. The van der Waals surface area contributed by atoms with Crippen molar-refractivity contribution in [3.63, 3.8) is 0 Å². The molecule has 0 spiro atoms. The Balaban J connectivity index is 0.00000364. The summed E-state index contributed by atoms with van der Waals surface area (Å²) < 4.78 is 2.03. The first-order chi connectivity index (χ1) is 12.6. The van der Waals surface area contributed by atoms with E-state index in [2.05, 4.69) is 39.0 Å². The second-order valence-corrected chi connectivity index (χ2v) is 7.08. The van der Waals surface area contributed by atoms with Crippen LogP contribution >= 0.6 is 24.0 Å². The lowest BCUT2D eigenvalue weighted by atomic mass is 9.95. The van der Waals surface area contributed by atoms with Crippen LogP contribution in [0, 0.1) is 13.8 Å². The molecule has 1 aliphatic carbocycles. The fourth-order valence-electron chi connectivity index (χ4n) is 3.40. The monoisotopic (exact) mass is 490 g/mol. The Hall–Kier alpha value is -1.32. The first-order valence-electron chi connectivity index (χ1n) is 9.83. The van der Waals surface area contributed by atoms with E-state index in [1.54, 1.807) is 7.05 Å². The van der Waals surface area contributed by atoms with Crippen LogP contribution in [0.1, 0.15) is 56.3 Å². The summed E-state index contributed by atoms with van der Waals surface area (Å²) >= 11 is 0. The van der Waals surface area contributed by atoms with Gasteiger partial charge in [0.25, 0.3) is 0 Å². The van der Waals surface area contributed by atoms with Gasteiger partial charge in [-0.2, -0.15) is 5.10 Å². The molecule has 1 aliphatic rings. The number of carbonyl (C=O) groups excluding carboxylic acids is 1. The van der Waals surface area contributed by atoms with E-state index in [1.807, 2.05) is 11.6 Å². The molecule has 0 radical (unpaired) electrons. The number of carbonyl (C=O) groups is 1. The molecule has 0 saturated heterocycles. The van der Waals surface area contributed by atoms with Crippen molar-refractivity contribution in [2.75, 3.05) is 20.1 Å². The van der Waals surface area contributed by atoms with Gasteiger partial charge in [-0.25, -0.2) is 0 Å². The Morgan fingerprint density at radius 2 is 1.93 bits per heavy atom. The van der Waals surface area contributed by atoms with Gasteiger partial charge in [-0.1, -0.05) is 19.3 Å². The van der Waals surface area contributed by atoms with Crippen molar-refractivity contribution in [2.45, 2.75) is 71.4 Å². The fourth-order valence-corrected chi connectivity index (χ4v) is 3.40. The number of nitrogens with zero attached hydrogens (tertiary/aromatic N) is 3. The lowest BCUT2D eigenvalue weighted by Crippen LogP contribution is -2.41. The summed E-state index contributed by atoms with van der Waals surface area (Å²) in [6, 6.07) is 2.47. The lowest BCUT2D eigenvalue weighted by Gasteiger charge is -2.22. The molecule has 1 fully saturated rings. The van der Waals surface area contributed by atoms with Gasteiger partial charge in [0.2, 0.25) is 5.91 Å². The minimum atomic E-state index is 0. The highest BCUT2D eigenvalue weighted by Crippen LogP contribution is 2.17. The van der Waals surface area contributed by atoms with Crippen LogP contribution in [-0.2, 0) is 11.3 Å². The summed E-state index contributed by atoms with van der Waals surface area (Å²) in [5.74, 6) is 0.869. The van der Waals surface area contributed by atoms with Crippen LogP contribution in [0.15, 0.2) is 11.1 Å². The second kappa shape index (κ2) is 13.0. The molecule has 0 aliphatic heterocycles.